The highest BCUT2D eigenvalue weighted by atomic mass is 16.6. The van der Waals surface area contributed by atoms with E-state index in [1.165, 1.54) is 64.2 Å². The summed E-state index contributed by atoms with van der Waals surface area (Å²) in [6, 6.07) is 30.9. The molecule has 0 saturated heterocycles. The quantitative estimate of drug-likeness (QED) is 0.0583. The number of aromatic nitrogens is 3. The SMILES string of the molecule is CCCCCCCCCCC1(OCc2n[nH]c(COC3(CCCCCCCCCC)COc4ccccc4OCCOCCOc4ccccc4OC3)n2)COc2ccccc2OCCOCCOc2ccccc2OC1. The van der Waals surface area contributed by atoms with Crippen molar-refractivity contribution in [3.63, 3.8) is 0 Å². The number of nitrogens with one attached hydrogen (secondary N) is 1. The molecule has 5 aromatic rings. The van der Waals surface area contributed by atoms with Gasteiger partial charge in [-0.05, 0) is 61.4 Å². The Balaban J connectivity index is 1.13. The topological polar surface area (TPSA) is 152 Å². The number of rotatable bonds is 24. The van der Waals surface area contributed by atoms with Gasteiger partial charge in [-0.15, -0.1) is 0 Å². The molecule has 1 aromatic heterocycles. The minimum Gasteiger partial charge on any atom is -0.487 e. The standard InChI is InChI=1S/C62H87N3O12/c1-3-5-7-9-11-13-15-25-35-61(47-72-55-31-21-17-27-51(55)68-41-37-66-38-42-69-52-28-18-22-32-56(52)73-48-61)76-45-59-63-60(65-64-59)46-77-62(36-26-16-14-12-10-8-6-4-2)49-74-57-33-23-19-29-53(57)70-43-39-67-40-44-71-54-30-20-24-34-58(54)75-50-62/h17-24,27-34H,3-16,25-26,35-50H2,1-2H3,(H,63,64,65). The van der Waals surface area contributed by atoms with Crippen LogP contribution in [0.3, 0.4) is 0 Å². The van der Waals surface area contributed by atoms with Crippen molar-refractivity contribution in [2.24, 2.45) is 0 Å². The van der Waals surface area contributed by atoms with Crippen LogP contribution in [0, 0.1) is 0 Å². The average Bonchev–Trinajstić information content (AvgIpc) is 3.93. The lowest BCUT2D eigenvalue weighted by atomic mass is 9.96. The number of para-hydroxylation sites is 8. The van der Waals surface area contributed by atoms with E-state index in [0.29, 0.717) is 123 Å². The summed E-state index contributed by atoms with van der Waals surface area (Å²) in [5.41, 5.74) is -1.84. The first-order valence-corrected chi connectivity index (χ1v) is 28.8. The zero-order valence-electron chi connectivity index (χ0n) is 46.2. The Kier molecular flexibility index (Phi) is 26.2. The van der Waals surface area contributed by atoms with Gasteiger partial charge in [0, 0.05) is 0 Å². The second-order valence-electron chi connectivity index (χ2n) is 20.2. The van der Waals surface area contributed by atoms with Crippen molar-refractivity contribution in [1.29, 1.82) is 0 Å². The minimum atomic E-state index is -0.925. The van der Waals surface area contributed by atoms with Crippen LogP contribution in [0.5, 0.6) is 46.0 Å². The van der Waals surface area contributed by atoms with Gasteiger partial charge in [0.05, 0.1) is 26.4 Å². The molecule has 0 fully saturated rings. The zero-order chi connectivity index (χ0) is 53.3. The van der Waals surface area contributed by atoms with Crippen LogP contribution in [0.1, 0.15) is 141 Å². The number of hydrogen-bond donors (Lipinski definition) is 1. The number of H-pyrrole nitrogens is 1. The van der Waals surface area contributed by atoms with Crippen molar-refractivity contribution < 1.29 is 56.8 Å². The van der Waals surface area contributed by atoms with Gasteiger partial charge in [-0.2, -0.15) is 5.10 Å². The van der Waals surface area contributed by atoms with Gasteiger partial charge >= 0.3 is 0 Å². The molecule has 15 heteroatoms. The van der Waals surface area contributed by atoms with E-state index in [1.807, 2.05) is 97.1 Å². The maximum atomic E-state index is 7.07. The van der Waals surface area contributed by atoms with Crippen LogP contribution in [-0.2, 0) is 32.2 Å². The van der Waals surface area contributed by atoms with E-state index in [4.69, 9.17) is 66.9 Å². The summed E-state index contributed by atoms with van der Waals surface area (Å²) < 4.78 is 77.3. The largest absolute Gasteiger partial charge is 0.487 e. The molecule has 0 aliphatic carbocycles. The first kappa shape index (κ1) is 58.9. The molecular formula is C62H87N3O12. The molecule has 422 valence electrons. The summed E-state index contributed by atoms with van der Waals surface area (Å²) in [7, 11) is 0. The molecule has 0 bridgehead atoms. The van der Waals surface area contributed by atoms with Gasteiger partial charge in [-0.25, -0.2) is 4.98 Å². The first-order chi connectivity index (χ1) is 38.1. The number of fused-ring (bicyclic) bond motifs is 4. The van der Waals surface area contributed by atoms with Crippen molar-refractivity contribution in [3.8, 4) is 46.0 Å². The Morgan fingerprint density at radius 1 is 0.377 bits per heavy atom. The van der Waals surface area contributed by atoms with Gasteiger partial charge in [-0.1, -0.05) is 165 Å². The van der Waals surface area contributed by atoms with Crippen LogP contribution in [0.2, 0.25) is 0 Å². The third-order valence-electron chi connectivity index (χ3n) is 13.9. The lowest BCUT2D eigenvalue weighted by Gasteiger charge is -2.34. The van der Waals surface area contributed by atoms with Crippen molar-refractivity contribution in [2.75, 3.05) is 79.3 Å². The normalized spacial score (nSPS) is 16.3. The number of benzene rings is 4. The van der Waals surface area contributed by atoms with Gasteiger partial charge in [0.1, 0.15) is 77.3 Å². The molecule has 0 unspecified atom stereocenters. The smallest absolute Gasteiger partial charge is 0.176 e. The molecule has 4 aromatic carbocycles. The van der Waals surface area contributed by atoms with Gasteiger partial charge in [0.15, 0.2) is 57.6 Å². The summed E-state index contributed by atoms with van der Waals surface area (Å²) in [5, 5.41) is 7.87. The highest BCUT2D eigenvalue weighted by Crippen LogP contribution is 2.35. The van der Waals surface area contributed by atoms with Gasteiger partial charge in [0.25, 0.3) is 0 Å². The molecule has 1 N–H and O–H groups in total. The Hall–Kier alpha value is -5.74. The zero-order valence-corrected chi connectivity index (χ0v) is 46.2. The van der Waals surface area contributed by atoms with E-state index in [9.17, 15) is 0 Å². The fourth-order valence-corrected chi connectivity index (χ4v) is 9.39. The van der Waals surface area contributed by atoms with Gasteiger partial charge in [0.2, 0.25) is 0 Å². The number of aromatic amines is 1. The Bertz CT molecular complexity index is 2090. The Labute approximate surface area is 458 Å². The second-order valence-corrected chi connectivity index (χ2v) is 20.2. The van der Waals surface area contributed by atoms with Crippen LogP contribution in [0.15, 0.2) is 97.1 Å². The monoisotopic (exact) mass is 1070 g/mol. The van der Waals surface area contributed by atoms with Crippen LogP contribution < -0.4 is 37.9 Å². The van der Waals surface area contributed by atoms with Gasteiger partial charge in [-0.3, -0.25) is 5.10 Å². The van der Waals surface area contributed by atoms with Crippen LogP contribution in [0.25, 0.3) is 0 Å². The molecule has 0 radical (unpaired) electrons. The molecule has 0 atom stereocenters. The molecule has 0 amide bonds. The summed E-state index contributed by atoms with van der Waals surface area (Å²) >= 11 is 0. The van der Waals surface area contributed by atoms with E-state index in [1.54, 1.807) is 0 Å². The highest BCUT2D eigenvalue weighted by Gasteiger charge is 2.37. The number of ether oxygens (including phenoxy) is 12. The number of nitrogens with zero attached hydrogens (tertiary/aromatic N) is 2. The summed E-state index contributed by atoms with van der Waals surface area (Å²) in [4.78, 5) is 4.98. The Morgan fingerprint density at radius 2 is 0.675 bits per heavy atom. The summed E-state index contributed by atoms with van der Waals surface area (Å²) in [5.74, 6) is 6.00. The maximum absolute atomic E-state index is 7.07. The van der Waals surface area contributed by atoms with Crippen LogP contribution in [0.4, 0.5) is 0 Å². The predicted molar refractivity (Wildman–Crippen MR) is 297 cm³/mol. The fraction of sp³-hybridized carbons (Fsp3) is 0.581. The minimum absolute atomic E-state index is 0.0854. The fourth-order valence-electron chi connectivity index (χ4n) is 9.39. The Morgan fingerprint density at radius 3 is 1.01 bits per heavy atom. The third kappa shape index (κ3) is 20.9. The molecule has 2 aliphatic rings. The van der Waals surface area contributed by atoms with Crippen LogP contribution >= 0.6 is 0 Å². The molecule has 3 heterocycles. The maximum Gasteiger partial charge on any atom is 0.176 e. The predicted octanol–water partition coefficient (Wildman–Crippen LogP) is 13.3. The summed E-state index contributed by atoms with van der Waals surface area (Å²) in [6.45, 7) is 8.48. The molecule has 0 saturated carbocycles. The summed E-state index contributed by atoms with van der Waals surface area (Å²) in [6.07, 6.45) is 20.0. The average molecular weight is 1070 g/mol. The van der Waals surface area contributed by atoms with E-state index >= 15 is 0 Å². The molecular weight excluding hydrogens is 979 g/mol. The van der Waals surface area contributed by atoms with E-state index in [2.05, 4.69) is 18.9 Å². The highest BCUT2D eigenvalue weighted by molar-refractivity contribution is 5.42. The molecule has 2 aliphatic heterocycles. The van der Waals surface area contributed by atoms with E-state index < -0.39 is 11.2 Å². The van der Waals surface area contributed by atoms with E-state index in [0.717, 1.165) is 38.5 Å². The molecule has 0 spiro atoms. The van der Waals surface area contributed by atoms with Crippen molar-refractivity contribution in [3.05, 3.63) is 109 Å². The lowest BCUT2D eigenvalue weighted by molar-refractivity contribution is -0.115. The van der Waals surface area contributed by atoms with Crippen molar-refractivity contribution >= 4 is 0 Å². The third-order valence-corrected chi connectivity index (χ3v) is 13.9. The van der Waals surface area contributed by atoms with Crippen LogP contribution in [-0.4, -0.2) is 106 Å². The molecule has 77 heavy (non-hydrogen) atoms. The van der Waals surface area contributed by atoms with Crippen molar-refractivity contribution in [2.45, 2.75) is 154 Å². The molecule has 7 rings (SSSR count). The number of hydrogen-bond acceptors (Lipinski definition) is 14. The lowest BCUT2D eigenvalue weighted by Crippen LogP contribution is -2.45. The van der Waals surface area contributed by atoms with Gasteiger partial charge < -0.3 is 56.8 Å². The molecule has 15 nitrogen and oxygen atoms in total. The number of unbranched alkanes of at least 4 members (excludes halogenated alkanes) is 14. The van der Waals surface area contributed by atoms with E-state index in [-0.39, 0.29) is 39.6 Å². The van der Waals surface area contributed by atoms with Crippen molar-refractivity contribution in [1.82, 2.24) is 15.2 Å². The first-order valence-electron chi connectivity index (χ1n) is 28.8. The second kappa shape index (κ2) is 34.2.